The van der Waals surface area contributed by atoms with Crippen molar-refractivity contribution in [3.63, 3.8) is 0 Å². The molecular weight excluding hydrogens is 542 g/mol. The molecule has 7 N–H and O–H groups in total. The first-order valence-corrected chi connectivity index (χ1v) is 16.7. The van der Waals surface area contributed by atoms with Crippen molar-refractivity contribution in [3.8, 4) is 0 Å². The Labute approximate surface area is 252 Å². The van der Waals surface area contributed by atoms with E-state index >= 15 is 0 Å². The molecule has 1 heterocycles. The van der Waals surface area contributed by atoms with E-state index in [1.54, 1.807) is 6.92 Å². The summed E-state index contributed by atoms with van der Waals surface area (Å²) in [6.45, 7) is 0.182. The Balaban J connectivity index is 1.31. The van der Waals surface area contributed by atoms with Crippen LogP contribution in [0.25, 0.3) is 0 Å². The van der Waals surface area contributed by atoms with E-state index in [-0.39, 0.29) is 31.8 Å². The summed E-state index contributed by atoms with van der Waals surface area (Å²) in [6, 6.07) is -0.983. The molecule has 0 radical (unpaired) electrons. The third-order valence-corrected chi connectivity index (χ3v) is 10.3. The van der Waals surface area contributed by atoms with Gasteiger partial charge in [0.05, 0.1) is 38.1 Å². The van der Waals surface area contributed by atoms with E-state index in [1.165, 1.54) is 77.0 Å². The van der Waals surface area contributed by atoms with Crippen LogP contribution in [0.3, 0.4) is 0 Å². The molecule has 0 aromatic carbocycles. The molecule has 0 aromatic heterocycles. The van der Waals surface area contributed by atoms with Gasteiger partial charge in [-0.2, -0.15) is 0 Å². The van der Waals surface area contributed by atoms with Gasteiger partial charge in [0.15, 0.2) is 6.29 Å². The van der Waals surface area contributed by atoms with E-state index in [0.717, 1.165) is 25.2 Å². The van der Waals surface area contributed by atoms with E-state index in [4.69, 9.17) is 9.47 Å². The Morgan fingerprint density at radius 3 is 2.14 bits per heavy atom. The van der Waals surface area contributed by atoms with Gasteiger partial charge in [0.2, 0.25) is 5.91 Å². The van der Waals surface area contributed by atoms with Gasteiger partial charge in [0, 0.05) is 12.8 Å². The Hall–Kier alpha value is -0.850. The number of nitrogens with one attached hydrogen (secondary N) is 1. The summed E-state index contributed by atoms with van der Waals surface area (Å²) in [5, 5.41) is 63.6. The minimum absolute atomic E-state index is 0.181. The van der Waals surface area contributed by atoms with Crippen molar-refractivity contribution in [1.82, 2.24) is 5.32 Å². The van der Waals surface area contributed by atoms with E-state index in [0.29, 0.717) is 5.41 Å². The highest BCUT2D eigenvalue weighted by Crippen LogP contribution is 2.52. The van der Waals surface area contributed by atoms with Crippen molar-refractivity contribution < 1.29 is 44.9 Å². The highest BCUT2D eigenvalue weighted by Gasteiger charge is 2.48. The Kier molecular flexibility index (Phi) is 14.9. The number of fused-ring (bicyclic) bond motifs is 3. The third-order valence-electron chi connectivity index (χ3n) is 10.3. The second-order valence-electron chi connectivity index (χ2n) is 13.5. The zero-order valence-corrected chi connectivity index (χ0v) is 25.8. The minimum atomic E-state index is -1.93. The molecule has 246 valence electrons. The molecule has 10 nitrogen and oxygen atoms in total. The topological polar surface area (TPSA) is 169 Å². The molecule has 10 heteroatoms. The molecule has 4 fully saturated rings. The Bertz CT molecular complexity index is 763. The first-order valence-electron chi connectivity index (χ1n) is 16.7. The normalized spacial score (nSPS) is 33.3. The molecule has 1 amide bonds. The summed E-state index contributed by atoms with van der Waals surface area (Å²) in [5.74, 6) is 0.760. The lowest BCUT2D eigenvalue weighted by atomic mass is 9.59. The number of aliphatic hydroxyl groups is 6. The summed E-state index contributed by atoms with van der Waals surface area (Å²) in [7, 11) is 0. The van der Waals surface area contributed by atoms with Gasteiger partial charge in [0.1, 0.15) is 17.8 Å². The molecule has 1 aliphatic heterocycles. The third kappa shape index (κ3) is 10.4. The molecule has 4 aliphatic rings. The van der Waals surface area contributed by atoms with Crippen LogP contribution in [-0.2, 0) is 14.3 Å². The first kappa shape index (κ1) is 35.6. The molecule has 7 atom stereocenters. The SMILES string of the molecule is CC[C@@H](O)[C@@H](O)[C@H](COC1OC(CO)CC(O)(CO)C1O)NC(=O)CCCCCCCCCCC12CCC(CC1)CC2. The quantitative estimate of drug-likeness (QED) is 0.104. The summed E-state index contributed by atoms with van der Waals surface area (Å²) in [4.78, 5) is 12.7. The van der Waals surface area contributed by atoms with E-state index in [1.807, 2.05) is 0 Å². The van der Waals surface area contributed by atoms with Crippen LogP contribution < -0.4 is 5.32 Å². The largest absolute Gasteiger partial charge is 0.394 e. The average Bonchev–Trinajstić information content (AvgIpc) is 3.01. The van der Waals surface area contributed by atoms with Gasteiger partial charge in [0.25, 0.3) is 0 Å². The molecule has 0 spiro atoms. The number of carbonyl (C=O) groups is 1. The van der Waals surface area contributed by atoms with Crippen molar-refractivity contribution >= 4 is 5.91 Å². The monoisotopic (exact) mass is 601 g/mol. The average molecular weight is 602 g/mol. The van der Waals surface area contributed by atoms with Crippen LogP contribution in [0.1, 0.15) is 122 Å². The van der Waals surface area contributed by atoms with Gasteiger partial charge in [-0.3, -0.25) is 4.79 Å². The van der Waals surface area contributed by atoms with Gasteiger partial charge < -0.3 is 45.4 Å². The first-order chi connectivity index (χ1) is 20.1. The number of aliphatic hydroxyl groups excluding tert-OH is 5. The molecule has 4 unspecified atom stereocenters. The maximum absolute atomic E-state index is 12.7. The lowest BCUT2D eigenvalue weighted by Gasteiger charge is -2.47. The highest BCUT2D eigenvalue weighted by atomic mass is 16.7. The zero-order chi connectivity index (χ0) is 30.6. The standard InChI is InChI=1S/C32H59NO9/c1-2-26(36)28(38)25(21-41-30-29(39)32(40,22-35)19-24(20-34)42-30)33-27(37)11-9-7-5-3-4-6-8-10-15-31-16-12-23(13-17-31)14-18-31/h23-26,28-30,34-36,38-40H,2-22H2,1H3,(H,33,37)/t23?,24?,25-,26+,28-,29?,30?,31?,32?/m0/s1. The summed E-state index contributed by atoms with van der Waals surface area (Å²) in [5.41, 5.74) is -1.24. The number of amides is 1. The molecule has 1 saturated heterocycles. The van der Waals surface area contributed by atoms with Crippen molar-refractivity contribution in [1.29, 1.82) is 0 Å². The number of carbonyl (C=O) groups excluding carboxylic acids is 1. The molecule has 0 aromatic rings. The number of hydrogen-bond acceptors (Lipinski definition) is 9. The van der Waals surface area contributed by atoms with Gasteiger partial charge in [-0.1, -0.05) is 51.9 Å². The van der Waals surface area contributed by atoms with Crippen LogP contribution in [0.2, 0.25) is 0 Å². The predicted octanol–water partition coefficient (Wildman–Crippen LogP) is 2.68. The molecule has 3 aliphatic carbocycles. The van der Waals surface area contributed by atoms with Crippen LogP contribution in [0.15, 0.2) is 0 Å². The molecule has 42 heavy (non-hydrogen) atoms. The fourth-order valence-electron chi connectivity index (χ4n) is 7.25. The van der Waals surface area contributed by atoms with Crippen LogP contribution in [0.4, 0.5) is 0 Å². The van der Waals surface area contributed by atoms with Gasteiger partial charge in [-0.25, -0.2) is 0 Å². The second-order valence-corrected chi connectivity index (χ2v) is 13.5. The number of ether oxygens (including phenoxy) is 2. The number of rotatable bonds is 20. The smallest absolute Gasteiger partial charge is 0.220 e. The maximum atomic E-state index is 12.7. The van der Waals surface area contributed by atoms with Gasteiger partial charge in [-0.05, 0) is 69.1 Å². The molecular formula is C32H59NO9. The van der Waals surface area contributed by atoms with E-state index < -0.39 is 55.6 Å². The summed E-state index contributed by atoms with van der Waals surface area (Å²) >= 11 is 0. The maximum Gasteiger partial charge on any atom is 0.220 e. The van der Waals surface area contributed by atoms with E-state index in [2.05, 4.69) is 5.32 Å². The fourth-order valence-corrected chi connectivity index (χ4v) is 7.25. The van der Waals surface area contributed by atoms with Crippen LogP contribution >= 0.6 is 0 Å². The zero-order valence-electron chi connectivity index (χ0n) is 25.8. The highest BCUT2D eigenvalue weighted by molar-refractivity contribution is 5.76. The van der Waals surface area contributed by atoms with E-state index in [9.17, 15) is 35.4 Å². The molecule has 4 rings (SSSR count). The number of unbranched alkanes of at least 4 members (excludes halogenated alkanes) is 7. The lowest BCUT2D eigenvalue weighted by molar-refractivity contribution is -0.306. The van der Waals surface area contributed by atoms with Crippen LogP contribution in [0, 0.1) is 11.3 Å². The summed E-state index contributed by atoms with van der Waals surface area (Å²) < 4.78 is 11.1. The predicted molar refractivity (Wildman–Crippen MR) is 158 cm³/mol. The second kappa shape index (κ2) is 17.6. The van der Waals surface area contributed by atoms with Crippen molar-refractivity contribution in [2.24, 2.45) is 11.3 Å². The van der Waals surface area contributed by atoms with Crippen LogP contribution in [0.5, 0.6) is 0 Å². The van der Waals surface area contributed by atoms with Crippen LogP contribution in [-0.4, -0.2) is 98.7 Å². The lowest BCUT2D eigenvalue weighted by Crippen LogP contribution is -2.61. The fraction of sp³-hybridized carbons (Fsp3) is 0.969. The van der Waals surface area contributed by atoms with Crippen molar-refractivity contribution in [2.75, 3.05) is 19.8 Å². The van der Waals surface area contributed by atoms with Crippen molar-refractivity contribution in [3.05, 3.63) is 0 Å². The Morgan fingerprint density at radius 2 is 1.57 bits per heavy atom. The van der Waals surface area contributed by atoms with Gasteiger partial charge >= 0.3 is 0 Å². The number of hydrogen-bond donors (Lipinski definition) is 7. The van der Waals surface area contributed by atoms with Gasteiger partial charge in [-0.15, -0.1) is 0 Å². The minimum Gasteiger partial charge on any atom is -0.394 e. The van der Waals surface area contributed by atoms with Crippen molar-refractivity contribution in [2.45, 2.75) is 165 Å². The Morgan fingerprint density at radius 1 is 0.976 bits per heavy atom. The molecule has 2 bridgehead atoms. The summed E-state index contributed by atoms with van der Waals surface area (Å²) in [6.07, 6.45) is 13.4. The molecule has 3 saturated carbocycles.